The van der Waals surface area contributed by atoms with Crippen molar-refractivity contribution in [1.29, 1.82) is 0 Å². The van der Waals surface area contributed by atoms with Crippen molar-refractivity contribution in [3.63, 3.8) is 0 Å². The van der Waals surface area contributed by atoms with E-state index in [4.69, 9.17) is 8.85 Å². The zero-order chi connectivity index (χ0) is 12.6. The number of alkyl halides is 3. The molecule has 0 amide bonds. The van der Waals surface area contributed by atoms with Gasteiger partial charge in [-0.3, -0.25) is 0 Å². The van der Waals surface area contributed by atoms with E-state index < -0.39 is 21.0 Å². The van der Waals surface area contributed by atoms with Gasteiger partial charge in [-0.2, -0.15) is 13.2 Å². The second-order valence-corrected chi connectivity index (χ2v) is 5.78. The van der Waals surface area contributed by atoms with Crippen LogP contribution in [-0.4, -0.2) is 28.7 Å². The van der Waals surface area contributed by atoms with Crippen LogP contribution in [0.3, 0.4) is 0 Å². The molecule has 0 spiro atoms. The molecule has 0 rings (SSSR count). The molecule has 0 aliphatic carbocycles. The molecule has 0 saturated heterocycles. The molecule has 0 fully saturated rings. The summed E-state index contributed by atoms with van der Waals surface area (Å²) in [5, 5.41) is 0. The summed E-state index contributed by atoms with van der Waals surface area (Å²) in [5.74, 6) is 0. The fraction of sp³-hybridized carbons (Fsp3) is 1.00. The molecular weight excluding hydrogens is 237 g/mol. The zero-order valence-electron chi connectivity index (χ0n) is 10.1. The Balaban J connectivity index is 4.53. The Bertz CT molecular complexity index is 170. The van der Waals surface area contributed by atoms with Gasteiger partial charge in [0.2, 0.25) is 0 Å². The maximum Gasteiger partial charge on any atom is 0.393 e. The molecule has 0 aromatic heterocycles. The highest BCUT2D eigenvalue weighted by Crippen LogP contribution is 2.38. The number of halogens is 3. The van der Waals surface area contributed by atoms with Gasteiger partial charge in [0.05, 0.1) is 5.54 Å². The van der Waals surface area contributed by atoms with Gasteiger partial charge in [0.25, 0.3) is 0 Å². The molecule has 1 unspecified atom stereocenters. The van der Waals surface area contributed by atoms with Crippen molar-refractivity contribution in [2.75, 3.05) is 13.2 Å². The van der Waals surface area contributed by atoms with Crippen molar-refractivity contribution < 1.29 is 22.0 Å². The highest BCUT2D eigenvalue weighted by molar-refractivity contribution is 6.46. The average Bonchev–Trinajstić information content (AvgIpc) is 2.17. The number of rotatable bonds is 8. The Morgan fingerprint density at radius 3 is 1.88 bits per heavy atom. The highest BCUT2D eigenvalue weighted by atomic mass is 28.3. The van der Waals surface area contributed by atoms with Gasteiger partial charge in [0.15, 0.2) is 0 Å². The normalized spacial score (nSPS) is 14.4. The minimum Gasteiger partial charge on any atom is -0.396 e. The largest absolute Gasteiger partial charge is 0.396 e. The standard InChI is InChI=1S/C10H21F3O2Si/c1-4-7-8-9(10(11,12)13)16(14-5-2)15-6-3/h9,16H,4-8H2,1-3H3. The van der Waals surface area contributed by atoms with E-state index >= 15 is 0 Å². The van der Waals surface area contributed by atoms with E-state index in [9.17, 15) is 13.2 Å². The molecule has 0 aromatic carbocycles. The number of hydrogen-bond donors (Lipinski definition) is 0. The molecule has 1 atom stereocenters. The molecule has 6 heteroatoms. The van der Waals surface area contributed by atoms with E-state index in [0.29, 0.717) is 6.42 Å². The molecule has 0 radical (unpaired) electrons. The lowest BCUT2D eigenvalue weighted by molar-refractivity contribution is -0.142. The zero-order valence-corrected chi connectivity index (χ0v) is 11.3. The first-order chi connectivity index (χ1) is 7.47. The van der Waals surface area contributed by atoms with Crippen LogP contribution in [0.2, 0.25) is 5.54 Å². The lowest BCUT2D eigenvalue weighted by atomic mass is 10.2. The Labute approximate surface area is 97.0 Å². The maximum atomic E-state index is 12.8. The van der Waals surface area contributed by atoms with E-state index in [1.165, 1.54) is 0 Å². The van der Waals surface area contributed by atoms with Gasteiger partial charge >= 0.3 is 15.5 Å². The maximum absolute atomic E-state index is 12.8. The Kier molecular flexibility index (Phi) is 8.05. The fourth-order valence-electron chi connectivity index (χ4n) is 1.49. The van der Waals surface area contributed by atoms with Crippen molar-refractivity contribution in [3.8, 4) is 0 Å². The molecule has 0 aliphatic rings. The molecule has 0 aliphatic heterocycles. The first-order valence-electron chi connectivity index (χ1n) is 5.77. The van der Waals surface area contributed by atoms with Crippen LogP contribution in [-0.2, 0) is 8.85 Å². The predicted octanol–water partition coefficient (Wildman–Crippen LogP) is 3.40. The van der Waals surface area contributed by atoms with E-state index in [2.05, 4.69) is 0 Å². The van der Waals surface area contributed by atoms with Crippen molar-refractivity contribution in [2.45, 2.75) is 51.8 Å². The molecule has 0 bridgehead atoms. The first-order valence-corrected chi connectivity index (χ1v) is 7.38. The van der Waals surface area contributed by atoms with Gasteiger partial charge < -0.3 is 8.85 Å². The molecule has 0 saturated carbocycles. The average molecular weight is 258 g/mol. The minimum absolute atomic E-state index is 0.122. The van der Waals surface area contributed by atoms with Crippen LogP contribution >= 0.6 is 0 Å². The predicted molar refractivity (Wildman–Crippen MR) is 59.7 cm³/mol. The van der Waals surface area contributed by atoms with Gasteiger partial charge in [0.1, 0.15) is 0 Å². The SMILES string of the molecule is CCCCC([SiH](OCC)OCC)C(F)(F)F. The molecule has 2 nitrogen and oxygen atoms in total. The Morgan fingerprint density at radius 2 is 1.56 bits per heavy atom. The van der Waals surface area contributed by atoms with E-state index in [0.717, 1.165) is 6.42 Å². The van der Waals surface area contributed by atoms with E-state index in [-0.39, 0.29) is 19.6 Å². The summed E-state index contributed by atoms with van der Waals surface area (Å²) in [7, 11) is -2.63. The highest BCUT2D eigenvalue weighted by Gasteiger charge is 2.46. The van der Waals surface area contributed by atoms with Crippen molar-refractivity contribution in [2.24, 2.45) is 0 Å². The van der Waals surface area contributed by atoms with Crippen molar-refractivity contribution >= 4 is 9.28 Å². The van der Waals surface area contributed by atoms with Gasteiger partial charge in [0, 0.05) is 13.2 Å². The van der Waals surface area contributed by atoms with Gasteiger partial charge in [-0.1, -0.05) is 19.8 Å². The quantitative estimate of drug-likeness (QED) is 0.621. The lowest BCUT2D eigenvalue weighted by Crippen LogP contribution is -2.37. The second kappa shape index (κ2) is 8.08. The van der Waals surface area contributed by atoms with Crippen LogP contribution in [0.5, 0.6) is 0 Å². The van der Waals surface area contributed by atoms with E-state index in [1.807, 2.05) is 6.92 Å². The molecule has 0 N–H and O–H groups in total. The molecule has 98 valence electrons. The third-order valence-electron chi connectivity index (χ3n) is 2.28. The third-order valence-corrected chi connectivity index (χ3v) is 4.97. The summed E-state index contributed by atoms with van der Waals surface area (Å²) in [6.45, 7) is 5.86. The summed E-state index contributed by atoms with van der Waals surface area (Å²) < 4.78 is 48.8. The Hall–Kier alpha value is -0.0731. The summed E-state index contributed by atoms with van der Waals surface area (Å²) in [6, 6.07) is 0. The van der Waals surface area contributed by atoms with Crippen molar-refractivity contribution in [1.82, 2.24) is 0 Å². The second-order valence-electron chi connectivity index (χ2n) is 3.57. The summed E-state index contributed by atoms with van der Waals surface area (Å²) in [4.78, 5) is 0. The van der Waals surface area contributed by atoms with Crippen molar-refractivity contribution in [3.05, 3.63) is 0 Å². The molecule has 0 heterocycles. The van der Waals surface area contributed by atoms with Gasteiger partial charge in [-0.15, -0.1) is 0 Å². The third kappa shape index (κ3) is 5.86. The summed E-state index contributed by atoms with van der Waals surface area (Å²) >= 11 is 0. The smallest absolute Gasteiger partial charge is 0.393 e. The topological polar surface area (TPSA) is 18.5 Å². The van der Waals surface area contributed by atoms with Gasteiger partial charge in [-0.25, -0.2) is 0 Å². The number of unbranched alkanes of at least 4 members (excludes halogenated alkanes) is 1. The summed E-state index contributed by atoms with van der Waals surface area (Å²) in [6.07, 6.45) is -2.76. The Morgan fingerprint density at radius 1 is 1.06 bits per heavy atom. The van der Waals surface area contributed by atoms with E-state index in [1.54, 1.807) is 13.8 Å². The van der Waals surface area contributed by atoms with Gasteiger partial charge in [-0.05, 0) is 20.3 Å². The number of hydrogen-bond acceptors (Lipinski definition) is 2. The molecular formula is C10H21F3O2Si. The van der Waals surface area contributed by atoms with Crippen LogP contribution in [0.4, 0.5) is 13.2 Å². The van der Waals surface area contributed by atoms with Crippen LogP contribution in [0, 0.1) is 0 Å². The summed E-state index contributed by atoms with van der Waals surface area (Å²) in [5.41, 5.74) is -1.38. The minimum atomic E-state index is -4.20. The molecule has 0 aromatic rings. The van der Waals surface area contributed by atoms with Crippen LogP contribution in [0.1, 0.15) is 40.0 Å². The fourth-order valence-corrected chi connectivity index (χ4v) is 3.52. The van der Waals surface area contributed by atoms with Crippen LogP contribution in [0.25, 0.3) is 0 Å². The molecule has 16 heavy (non-hydrogen) atoms. The van der Waals surface area contributed by atoms with Crippen LogP contribution in [0.15, 0.2) is 0 Å². The monoisotopic (exact) mass is 258 g/mol. The van der Waals surface area contributed by atoms with Crippen LogP contribution < -0.4 is 0 Å². The lowest BCUT2D eigenvalue weighted by Gasteiger charge is -2.26. The first kappa shape index (κ1) is 15.9.